The van der Waals surface area contributed by atoms with E-state index in [1.807, 2.05) is 12.1 Å². The molecule has 0 aliphatic rings. The van der Waals surface area contributed by atoms with Crippen LogP contribution in [0.25, 0.3) is 22.2 Å². The Hall–Kier alpha value is -4.35. The third kappa shape index (κ3) is 6.08. The Morgan fingerprint density at radius 3 is 2.62 bits per heavy atom. The fourth-order valence-corrected chi connectivity index (χ4v) is 2.74. The van der Waals surface area contributed by atoms with Crippen molar-refractivity contribution in [3.8, 4) is 17.0 Å². The molecule has 9 nitrogen and oxygen atoms in total. The lowest BCUT2D eigenvalue weighted by molar-refractivity contribution is -0.274. The number of halogens is 3. The molecule has 0 aliphatic heterocycles. The molecule has 0 bridgehead atoms. The first-order valence-electron chi connectivity index (χ1n) is 9.00. The number of aromatic nitrogens is 4. The second-order valence-corrected chi connectivity index (χ2v) is 6.35. The topological polar surface area (TPSA) is 139 Å². The Labute approximate surface area is 179 Å². The molecule has 0 spiro atoms. The minimum atomic E-state index is -4.76. The Kier molecular flexibility index (Phi) is 6.42. The number of hydrogen-bond donors (Lipinski definition) is 4. The van der Waals surface area contributed by atoms with Gasteiger partial charge in [-0.2, -0.15) is 10.1 Å². The van der Waals surface area contributed by atoms with Gasteiger partial charge in [0.05, 0.1) is 5.52 Å². The number of carboxylic acid groups (broad SMARTS) is 1. The first-order chi connectivity index (χ1) is 15.1. The number of benzene rings is 2. The van der Waals surface area contributed by atoms with E-state index in [2.05, 4.69) is 30.2 Å². The summed E-state index contributed by atoms with van der Waals surface area (Å²) in [7, 11) is 0. The van der Waals surface area contributed by atoms with E-state index in [1.54, 1.807) is 18.2 Å². The summed E-state index contributed by atoms with van der Waals surface area (Å²) >= 11 is 0. The van der Waals surface area contributed by atoms with Crippen LogP contribution in [0.5, 0.6) is 5.75 Å². The normalized spacial score (nSPS) is 10.9. The van der Waals surface area contributed by atoms with Crippen LogP contribution in [-0.4, -0.2) is 37.6 Å². The molecule has 0 aliphatic carbocycles. The fraction of sp³-hybridized carbons (Fsp3) is 0.100. The molecule has 0 unspecified atom stereocenters. The lowest BCUT2D eigenvalue weighted by Crippen LogP contribution is -2.17. The number of aliphatic carboxylic acids is 1. The van der Waals surface area contributed by atoms with Crippen molar-refractivity contribution in [1.29, 1.82) is 0 Å². The standard InChI is InChI=1S/C18H13F3N6O.C2H4O2/c19-18(20,21)28-12-3-1-2-10(8-12)16-13-9-11(4-5-14(13)26-27-16)24-15-6-7-23-17(22)25-15;1-2(3)4/h1-9H,(H,26,27)(H3,22,23,24,25);1H3,(H,3,4). The second kappa shape index (κ2) is 9.20. The second-order valence-electron chi connectivity index (χ2n) is 6.35. The van der Waals surface area contributed by atoms with Crippen LogP contribution in [0.3, 0.4) is 0 Å². The van der Waals surface area contributed by atoms with Gasteiger partial charge in [-0.15, -0.1) is 13.2 Å². The largest absolute Gasteiger partial charge is 0.573 e. The van der Waals surface area contributed by atoms with Gasteiger partial charge in [0.2, 0.25) is 5.95 Å². The SMILES string of the molecule is CC(=O)O.Nc1nccc(Nc2ccc3[nH]nc(-c4cccc(OC(F)(F)F)c4)c3c2)n1. The van der Waals surface area contributed by atoms with Crippen molar-refractivity contribution in [2.24, 2.45) is 0 Å². The molecule has 5 N–H and O–H groups in total. The highest BCUT2D eigenvalue weighted by Gasteiger charge is 2.31. The number of alkyl halides is 3. The first kappa shape index (κ1) is 22.3. The van der Waals surface area contributed by atoms with Crippen molar-refractivity contribution in [2.75, 3.05) is 11.1 Å². The summed E-state index contributed by atoms with van der Waals surface area (Å²) in [6.07, 6.45) is -3.23. The minimum absolute atomic E-state index is 0.136. The third-order valence-electron chi connectivity index (χ3n) is 3.85. The molecule has 0 saturated heterocycles. The highest BCUT2D eigenvalue weighted by Crippen LogP contribution is 2.32. The number of aromatic amines is 1. The molecular weight excluding hydrogens is 429 g/mol. The van der Waals surface area contributed by atoms with Crippen LogP contribution >= 0.6 is 0 Å². The van der Waals surface area contributed by atoms with Gasteiger partial charge in [0.1, 0.15) is 17.3 Å². The Morgan fingerprint density at radius 2 is 1.94 bits per heavy atom. The van der Waals surface area contributed by atoms with Crippen LogP contribution in [0.4, 0.5) is 30.6 Å². The zero-order valence-electron chi connectivity index (χ0n) is 16.5. The van der Waals surface area contributed by atoms with E-state index < -0.39 is 12.3 Å². The predicted molar refractivity (Wildman–Crippen MR) is 111 cm³/mol. The van der Waals surface area contributed by atoms with Gasteiger partial charge in [-0.25, -0.2) is 4.98 Å². The molecule has 0 atom stereocenters. The Morgan fingerprint density at radius 1 is 1.19 bits per heavy atom. The van der Waals surface area contributed by atoms with Crippen LogP contribution in [0.1, 0.15) is 6.92 Å². The summed E-state index contributed by atoms with van der Waals surface area (Å²) in [5.41, 5.74) is 7.98. The number of carbonyl (C=O) groups is 1. The van der Waals surface area contributed by atoms with E-state index in [9.17, 15) is 13.2 Å². The summed E-state index contributed by atoms with van der Waals surface area (Å²) in [6.45, 7) is 1.08. The number of hydrogen-bond acceptors (Lipinski definition) is 7. The molecule has 0 saturated carbocycles. The number of carboxylic acids is 1. The number of H-pyrrole nitrogens is 1. The quantitative estimate of drug-likeness (QED) is 0.363. The van der Waals surface area contributed by atoms with Gasteiger partial charge in [0.25, 0.3) is 5.97 Å². The average molecular weight is 446 g/mol. The van der Waals surface area contributed by atoms with Crippen LogP contribution in [0.2, 0.25) is 0 Å². The van der Waals surface area contributed by atoms with Crippen molar-refractivity contribution in [3.63, 3.8) is 0 Å². The number of nitrogen functional groups attached to an aromatic ring is 1. The molecule has 4 aromatic rings. The van der Waals surface area contributed by atoms with Crippen LogP contribution < -0.4 is 15.8 Å². The van der Waals surface area contributed by atoms with Gasteiger partial charge in [-0.3, -0.25) is 9.89 Å². The summed E-state index contributed by atoms with van der Waals surface area (Å²) < 4.78 is 41.4. The van der Waals surface area contributed by atoms with Crippen molar-refractivity contribution in [1.82, 2.24) is 20.2 Å². The molecule has 2 heterocycles. The van der Waals surface area contributed by atoms with Gasteiger partial charge in [-0.05, 0) is 36.4 Å². The maximum absolute atomic E-state index is 12.5. The van der Waals surface area contributed by atoms with Gasteiger partial charge in [0, 0.05) is 29.8 Å². The monoisotopic (exact) mass is 446 g/mol. The number of anilines is 3. The van der Waals surface area contributed by atoms with E-state index in [1.165, 1.54) is 24.4 Å². The van der Waals surface area contributed by atoms with E-state index in [0.717, 1.165) is 17.8 Å². The smallest absolute Gasteiger partial charge is 0.481 e. The summed E-state index contributed by atoms with van der Waals surface area (Å²) in [5.74, 6) is -0.499. The Bertz CT molecular complexity index is 1240. The van der Waals surface area contributed by atoms with Gasteiger partial charge < -0.3 is 20.9 Å². The molecule has 166 valence electrons. The van der Waals surface area contributed by atoms with Crippen molar-refractivity contribution in [3.05, 3.63) is 54.7 Å². The van der Waals surface area contributed by atoms with Crippen molar-refractivity contribution < 1.29 is 27.8 Å². The van der Waals surface area contributed by atoms with Crippen molar-refractivity contribution in [2.45, 2.75) is 13.3 Å². The third-order valence-corrected chi connectivity index (χ3v) is 3.85. The van der Waals surface area contributed by atoms with Crippen LogP contribution in [0, 0.1) is 0 Å². The molecule has 0 fully saturated rings. The van der Waals surface area contributed by atoms with Gasteiger partial charge in [0.15, 0.2) is 0 Å². The zero-order valence-corrected chi connectivity index (χ0v) is 16.5. The molecule has 0 amide bonds. The van der Waals surface area contributed by atoms with Crippen LogP contribution in [0.15, 0.2) is 54.7 Å². The average Bonchev–Trinajstić information content (AvgIpc) is 3.10. The number of nitrogens with one attached hydrogen (secondary N) is 2. The highest BCUT2D eigenvalue weighted by molar-refractivity contribution is 5.95. The highest BCUT2D eigenvalue weighted by atomic mass is 19.4. The summed E-state index contributed by atoms with van der Waals surface area (Å²) in [5, 5.41) is 18.3. The maximum atomic E-state index is 12.5. The van der Waals surface area contributed by atoms with Gasteiger partial charge in [-0.1, -0.05) is 12.1 Å². The van der Waals surface area contributed by atoms with Crippen LogP contribution in [-0.2, 0) is 4.79 Å². The summed E-state index contributed by atoms with van der Waals surface area (Å²) in [6, 6.07) is 12.7. The predicted octanol–water partition coefficient (Wildman–Crippen LogP) is 4.34. The fourth-order valence-electron chi connectivity index (χ4n) is 2.74. The molecule has 2 aromatic carbocycles. The number of rotatable bonds is 4. The maximum Gasteiger partial charge on any atom is 0.573 e. The summed E-state index contributed by atoms with van der Waals surface area (Å²) in [4.78, 5) is 16.9. The first-order valence-corrected chi connectivity index (χ1v) is 9.00. The zero-order chi connectivity index (χ0) is 23.3. The number of nitrogens with two attached hydrogens (primary N) is 1. The van der Waals surface area contributed by atoms with E-state index in [4.69, 9.17) is 15.6 Å². The van der Waals surface area contributed by atoms with Gasteiger partial charge >= 0.3 is 6.36 Å². The Balaban J connectivity index is 0.000000668. The van der Waals surface area contributed by atoms with E-state index >= 15 is 0 Å². The minimum Gasteiger partial charge on any atom is -0.481 e. The molecule has 4 rings (SSSR count). The molecule has 0 radical (unpaired) electrons. The molecule has 32 heavy (non-hydrogen) atoms. The number of ether oxygens (including phenoxy) is 1. The lowest BCUT2D eigenvalue weighted by Gasteiger charge is -2.09. The molecular formula is C20H17F3N6O3. The van der Waals surface area contributed by atoms with E-state index in [0.29, 0.717) is 22.8 Å². The van der Waals surface area contributed by atoms with Crippen molar-refractivity contribution >= 4 is 34.3 Å². The molecule has 2 aromatic heterocycles. The number of nitrogens with zero attached hydrogens (tertiary/aromatic N) is 3. The lowest BCUT2D eigenvalue weighted by atomic mass is 10.1. The van der Waals surface area contributed by atoms with E-state index in [-0.39, 0.29) is 11.7 Å². The molecule has 12 heteroatoms. The number of fused-ring (bicyclic) bond motifs is 1.